The lowest BCUT2D eigenvalue weighted by Crippen LogP contribution is -2.11. The van der Waals surface area contributed by atoms with Crippen molar-refractivity contribution in [3.63, 3.8) is 0 Å². The van der Waals surface area contributed by atoms with Crippen LogP contribution in [0.25, 0.3) is 10.6 Å². The minimum atomic E-state index is 0.0523. The van der Waals surface area contributed by atoms with E-state index in [9.17, 15) is 0 Å². The third-order valence-corrected chi connectivity index (χ3v) is 4.16. The van der Waals surface area contributed by atoms with Gasteiger partial charge in [0.25, 0.3) is 0 Å². The number of benzene rings is 1. The first-order valence-corrected chi connectivity index (χ1v) is 7.58. The van der Waals surface area contributed by atoms with E-state index in [1.165, 1.54) is 11.3 Å². The number of rotatable bonds is 6. The van der Waals surface area contributed by atoms with Crippen LogP contribution in [-0.4, -0.2) is 24.5 Å². The Bertz CT molecular complexity index is 652. The predicted octanol–water partition coefficient (Wildman–Crippen LogP) is 3.06. The van der Waals surface area contributed by atoms with Crippen molar-refractivity contribution in [3.05, 3.63) is 28.8 Å². The molecule has 3 N–H and O–H groups in total. The molecule has 0 unspecified atom stereocenters. The lowest BCUT2D eigenvalue weighted by atomic mass is 10.2. The second kappa shape index (κ2) is 6.58. The SMILES string of the molecule is CCOc1c(OC)cccc1-c1nc(CC)c(C(=N)N)s1. The van der Waals surface area contributed by atoms with Crippen molar-refractivity contribution in [2.75, 3.05) is 13.7 Å². The summed E-state index contributed by atoms with van der Waals surface area (Å²) in [6.45, 7) is 4.47. The van der Waals surface area contributed by atoms with Crippen molar-refractivity contribution >= 4 is 17.2 Å². The molecule has 0 atom stereocenters. The fraction of sp³-hybridized carbons (Fsp3) is 0.333. The van der Waals surface area contributed by atoms with Crippen molar-refractivity contribution in [1.29, 1.82) is 5.41 Å². The highest BCUT2D eigenvalue weighted by atomic mass is 32.1. The van der Waals surface area contributed by atoms with Gasteiger partial charge < -0.3 is 15.2 Å². The molecule has 0 bridgehead atoms. The van der Waals surface area contributed by atoms with Crippen LogP contribution in [0.4, 0.5) is 0 Å². The van der Waals surface area contributed by atoms with Gasteiger partial charge in [0, 0.05) is 0 Å². The van der Waals surface area contributed by atoms with E-state index < -0.39 is 0 Å². The molecule has 0 aliphatic heterocycles. The summed E-state index contributed by atoms with van der Waals surface area (Å²) >= 11 is 1.41. The maximum absolute atomic E-state index is 7.66. The molecule has 112 valence electrons. The van der Waals surface area contributed by atoms with Gasteiger partial charge in [0.2, 0.25) is 0 Å². The lowest BCUT2D eigenvalue weighted by molar-refractivity contribution is 0.312. The molecule has 5 nitrogen and oxygen atoms in total. The number of hydrogen-bond acceptors (Lipinski definition) is 5. The Morgan fingerprint density at radius 2 is 2.14 bits per heavy atom. The Morgan fingerprint density at radius 1 is 1.38 bits per heavy atom. The summed E-state index contributed by atoms with van der Waals surface area (Å²) < 4.78 is 11.1. The summed E-state index contributed by atoms with van der Waals surface area (Å²) in [4.78, 5) is 5.32. The summed E-state index contributed by atoms with van der Waals surface area (Å²) in [6.07, 6.45) is 0.735. The van der Waals surface area contributed by atoms with Crippen molar-refractivity contribution in [2.24, 2.45) is 5.73 Å². The standard InChI is InChI=1S/C15H19N3O2S/c1-4-10-13(14(16)17)21-15(18-10)9-7-6-8-11(19-3)12(9)20-5-2/h6-8H,4-5H2,1-3H3,(H3,16,17). The van der Waals surface area contributed by atoms with Crippen LogP contribution in [0.15, 0.2) is 18.2 Å². The van der Waals surface area contributed by atoms with E-state index in [0.717, 1.165) is 27.6 Å². The summed E-state index contributed by atoms with van der Waals surface area (Å²) in [5.41, 5.74) is 7.34. The Morgan fingerprint density at radius 3 is 2.67 bits per heavy atom. The number of hydrogen-bond donors (Lipinski definition) is 2. The first-order valence-electron chi connectivity index (χ1n) is 6.76. The topological polar surface area (TPSA) is 81.2 Å². The van der Waals surface area contributed by atoms with Crippen molar-refractivity contribution in [2.45, 2.75) is 20.3 Å². The van der Waals surface area contributed by atoms with Crippen LogP contribution >= 0.6 is 11.3 Å². The summed E-state index contributed by atoms with van der Waals surface area (Å²) in [7, 11) is 1.61. The monoisotopic (exact) mass is 305 g/mol. The van der Waals surface area contributed by atoms with E-state index >= 15 is 0 Å². The van der Waals surface area contributed by atoms with Gasteiger partial charge in [0.05, 0.1) is 29.9 Å². The number of para-hydroxylation sites is 1. The number of aryl methyl sites for hydroxylation is 1. The smallest absolute Gasteiger partial charge is 0.171 e. The molecule has 21 heavy (non-hydrogen) atoms. The average Bonchev–Trinajstić information content (AvgIpc) is 2.92. The van der Waals surface area contributed by atoms with Gasteiger partial charge in [0.15, 0.2) is 11.5 Å². The molecule has 2 aromatic rings. The van der Waals surface area contributed by atoms with E-state index in [-0.39, 0.29) is 5.84 Å². The number of aromatic nitrogens is 1. The van der Waals surface area contributed by atoms with Crippen molar-refractivity contribution in [1.82, 2.24) is 4.98 Å². The number of ether oxygens (including phenoxy) is 2. The molecule has 6 heteroatoms. The number of amidine groups is 1. The van der Waals surface area contributed by atoms with Crippen molar-refractivity contribution in [3.8, 4) is 22.1 Å². The molecular weight excluding hydrogens is 286 g/mol. The Labute approximate surface area is 128 Å². The highest BCUT2D eigenvalue weighted by Crippen LogP contribution is 2.40. The van der Waals surface area contributed by atoms with Gasteiger partial charge in [-0.15, -0.1) is 11.3 Å². The Hall–Kier alpha value is -2.08. The van der Waals surface area contributed by atoms with Crippen LogP contribution < -0.4 is 15.2 Å². The third kappa shape index (κ3) is 3.00. The van der Waals surface area contributed by atoms with Gasteiger partial charge in [-0.05, 0) is 25.5 Å². The van der Waals surface area contributed by atoms with Crippen LogP contribution in [0.2, 0.25) is 0 Å². The minimum absolute atomic E-state index is 0.0523. The fourth-order valence-electron chi connectivity index (χ4n) is 2.06. The third-order valence-electron chi connectivity index (χ3n) is 2.99. The van der Waals surface area contributed by atoms with Crippen LogP contribution in [0, 0.1) is 5.41 Å². The van der Waals surface area contributed by atoms with E-state index in [4.69, 9.17) is 20.6 Å². The molecule has 0 aliphatic rings. The molecule has 0 saturated carbocycles. The lowest BCUT2D eigenvalue weighted by Gasteiger charge is -2.12. The number of methoxy groups -OCH3 is 1. The number of nitrogens with two attached hydrogens (primary N) is 1. The Balaban J connectivity index is 2.58. The molecule has 0 saturated heterocycles. The largest absolute Gasteiger partial charge is 0.493 e. The molecular formula is C15H19N3O2S. The van der Waals surface area contributed by atoms with Gasteiger partial charge in [-0.2, -0.15) is 0 Å². The minimum Gasteiger partial charge on any atom is -0.493 e. The zero-order valence-corrected chi connectivity index (χ0v) is 13.2. The normalized spacial score (nSPS) is 10.4. The van der Waals surface area contributed by atoms with Gasteiger partial charge in [0.1, 0.15) is 10.8 Å². The van der Waals surface area contributed by atoms with E-state index in [0.29, 0.717) is 18.1 Å². The molecule has 1 aromatic heterocycles. The first-order chi connectivity index (χ1) is 10.1. The average molecular weight is 305 g/mol. The van der Waals surface area contributed by atoms with Gasteiger partial charge in [-0.3, -0.25) is 5.41 Å². The van der Waals surface area contributed by atoms with E-state index in [1.807, 2.05) is 32.0 Å². The first kappa shape index (κ1) is 15.3. The van der Waals surface area contributed by atoms with E-state index in [2.05, 4.69) is 4.98 Å². The second-order valence-corrected chi connectivity index (χ2v) is 5.33. The molecule has 0 radical (unpaired) electrons. The maximum Gasteiger partial charge on any atom is 0.171 e. The second-order valence-electron chi connectivity index (χ2n) is 4.33. The molecule has 0 spiro atoms. The number of nitrogens with one attached hydrogen (secondary N) is 1. The molecule has 0 aliphatic carbocycles. The van der Waals surface area contributed by atoms with E-state index in [1.54, 1.807) is 7.11 Å². The fourth-order valence-corrected chi connectivity index (χ4v) is 3.09. The van der Waals surface area contributed by atoms with Gasteiger partial charge >= 0.3 is 0 Å². The summed E-state index contributed by atoms with van der Waals surface area (Å²) in [6, 6.07) is 5.70. The summed E-state index contributed by atoms with van der Waals surface area (Å²) in [5, 5.41) is 8.45. The molecule has 2 rings (SSSR count). The zero-order chi connectivity index (χ0) is 15.4. The predicted molar refractivity (Wildman–Crippen MR) is 85.7 cm³/mol. The van der Waals surface area contributed by atoms with Crippen molar-refractivity contribution < 1.29 is 9.47 Å². The van der Waals surface area contributed by atoms with Crippen LogP contribution in [0.3, 0.4) is 0 Å². The Kier molecular flexibility index (Phi) is 4.80. The van der Waals surface area contributed by atoms with Crippen LogP contribution in [0.1, 0.15) is 24.4 Å². The molecule has 1 aromatic carbocycles. The highest BCUT2D eigenvalue weighted by molar-refractivity contribution is 7.17. The molecule has 0 amide bonds. The quantitative estimate of drug-likeness (QED) is 0.635. The van der Waals surface area contributed by atoms with Gasteiger partial charge in [-0.1, -0.05) is 13.0 Å². The molecule has 0 fully saturated rings. The number of nitrogens with zero attached hydrogens (tertiary/aromatic N) is 1. The van der Waals surface area contributed by atoms with Crippen LogP contribution in [-0.2, 0) is 6.42 Å². The highest BCUT2D eigenvalue weighted by Gasteiger charge is 2.18. The zero-order valence-electron chi connectivity index (χ0n) is 12.4. The number of nitrogen functional groups attached to an aromatic ring is 1. The summed E-state index contributed by atoms with van der Waals surface area (Å²) in [5.74, 6) is 1.40. The molecule has 1 heterocycles. The maximum atomic E-state index is 7.66. The van der Waals surface area contributed by atoms with Gasteiger partial charge in [-0.25, -0.2) is 4.98 Å². The van der Waals surface area contributed by atoms with Crippen LogP contribution in [0.5, 0.6) is 11.5 Å². The number of thiazole rings is 1.